The van der Waals surface area contributed by atoms with Gasteiger partial charge in [0.1, 0.15) is 5.82 Å². The summed E-state index contributed by atoms with van der Waals surface area (Å²) in [6.07, 6.45) is 6.65. The third kappa shape index (κ3) is 4.60. The minimum absolute atomic E-state index is 0.0398. The van der Waals surface area contributed by atoms with Crippen LogP contribution in [0.25, 0.3) is 6.08 Å². The molecule has 2 aromatic carbocycles. The molecule has 0 atom stereocenters. The van der Waals surface area contributed by atoms with Gasteiger partial charge in [0.15, 0.2) is 0 Å². The number of hydrogen-bond acceptors (Lipinski definition) is 2. The van der Waals surface area contributed by atoms with E-state index in [0.29, 0.717) is 5.56 Å². The van der Waals surface area contributed by atoms with Gasteiger partial charge in [-0.05, 0) is 55.2 Å². The molecule has 130 valence electrons. The first-order chi connectivity index (χ1) is 12.1. The van der Waals surface area contributed by atoms with Crippen molar-refractivity contribution in [3.8, 4) is 0 Å². The van der Waals surface area contributed by atoms with Crippen molar-refractivity contribution in [1.82, 2.24) is 0 Å². The third-order valence-electron chi connectivity index (χ3n) is 4.23. The van der Waals surface area contributed by atoms with Crippen LogP contribution in [-0.2, 0) is 4.79 Å². The Kier molecular flexibility index (Phi) is 5.71. The lowest BCUT2D eigenvalue weighted by Gasteiger charge is -2.30. The molecule has 3 nitrogen and oxygen atoms in total. The van der Waals surface area contributed by atoms with Crippen LogP contribution in [0, 0.1) is 5.82 Å². The van der Waals surface area contributed by atoms with E-state index in [1.54, 1.807) is 12.1 Å². The number of carbonyl (C=O) groups is 1. The van der Waals surface area contributed by atoms with Gasteiger partial charge in [-0.25, -0.2) is 4.39 Å². The van der Waals surface area contributed by atoms with Crippen LogP contribution in [0.2, 0.25) is 5.02 Å². The van der Waals surface area contributed by atoms with Crippen LogP contribution in [0.15, 0.2) is 48.5 Å². The number of piperidine rings is 1. The van der Waals surface area contributed by atoms with Crippen molar-refractivity contribution in [2.75, 3.05) is 23.3 Å². The zero-order chi connectivity index (χ0) is 17.6. The van der Waals surface area contributed by atoms with Crippen molar-refractivity contribution in [2.24, 2.45) is 0 Å². The second-order valence-corrected chi connectivity index (χ2v) is 6.47. The van der Waals surface area contributed by atoms with Crippen molar-refractivity contribution in [2.45, 2.75) is 19.3 Å². The Bertz CT molecular complexity index is 785. The lowest BCUT2D eigenvalue weighted by atomic mass is 10.1. The summed E-state index contributed by atoms with van der Waals surface area (Å²) in [6.45, 7) is 2.02. The summed E-state index contributed by atoms with van der Waals surface area (Å²) in [7, 11) is 0. The van der Waals surface area contributed by atoms with Crippen LogP contribution in [0.5, 0.6) is 0 Å². The first kappa shape index (κ1) is 17.5. The Labute approximate surface area is 152 Å². The molecule has 1 fully saturated rings. The summed E-state index contributed by atoms with van der Waals surface area (Å²) >= 11 is 5.75. The number of anilines is 2. The number of amides is 1. The summed E-state index contributed by atoms with van der Waals surface area (Å²) in [5.74, 6) is -0.705. The quantitative estimate of drug-likeness (QED) is 0.769. The molecule has 0 radical (unpaired) electrons. The molecule has 0 spiro atoms. The summed E-state index contributed by atoms with van der Waals surface area (Å²) in [5.41, 5.74) is 2.52. The third-order valence-corrected chi connectivity index (χ3v) is 4.52. The number of hydrogen-bond donors (Lipinski definition) is 1. The van der Waals surface area contributed by atoms with E-state index in [9.17, 15) is 9.18 Å². The molecule has 1 heterocycles. The van der Waals surface area contributed by atoms with Crippen molar-refractivity contribution in [3.63, 3.8) is 0 Å². The van der Waals surface area contributed by atoms with E-state index in [1.165, 1.54) is 37.5 Å². The van der Waals surface area contributed by atoms with Crippen LogP contribution < -0.4 is 10.2 Å². The highest BCUT2D eigenvalue weighted by Crippen LogP contribution is 2.28. The number of halogens is 2. The van der Waals surface area contributed by atoms with E-state index < -0.39 is 5.82 Å². The second kappa shape index (κ2) is 8.17. The average molecular weight is 359 g/mol. The second-order valence-electron chi connectivity index (χ2n) is 6.06. The van der Waals surface area contributed by atoms with Crippen LogP contribution in [0.4, 0.5) is 15.8 Å². The highest BCUT2D eigenvalue weighted by atomic mass is 35.5. The maximum absolute atomic E-state index is 13.2. The number of carbonyl (C=O) groups excluding carboxylic acids is 1. The number of para-hydroxylation sites is 2. The minimum atomic E-state index is -0.473. The molecule has 0 aliphatic carbocycles. The van der Waals surface area contributed by atoms with Gasteiger partial charge in [-0.2, -0.15) is 0 Å². The van der Waals surface area contributed by atoms with Crippen molar-refractivity contribution >= 4 is 35.0 Å². The lowest BCUT2D eigenvalue weighted by Crippen LogP contribution is -2.30. The fourth-order valence-electron chi connectivity index (χ4n) is 2.95. The number of nitrogens with one attached hydrogen (secondary N) is 1. The Morgan fingerprint density at radius 3 is 2.64 bits per heavy atom. The van der Waals surface area contributed by atoms with Gasteiger partial charge in [0.25, 0.3) is 0 Å². The van der Waals surface area contributed by atoms with Gasteiger partial charge in [-0.1, -0.05) is 29.8 Å². The summed E-state index contributed by atoms with van der Waals surface area (Å²) in [6, 6.07) is 12.2. The van der Waals surface area contributed by atoms with E-state index in [4.69, 9.17) is 11.6 Å². The Morgan fingerprint density at radius 2 is 1.88 bits per heavy atom. The molecule has 0 unspecified atom stereocenters. The van der Waals surface area contributed by atoms with Crippen molar-refractivity contribution in [1.29, 1.82) is 0 Å². The molecule has 1 N–H and O–H groups in total. The molecule has 1 aliphatic rings. The zero-order valence-corrected chi connectivity index (χ0v) is 14.6. The molecule has 25 heavy (non-hydrogen) atoms. The Balaban J connectivity index is 1.70. The van der Waals surface area contributed by atoms with Gasteiger partial charge in [-0.3, -0.25) is 4.79 Å². The van der Waals surface area contributed by atoms with Crippen LogP contribution >= 0.6 is 11.6 Å². The number of nitrogens with zero attached hydrogens (tertiary/aromatic N) is 1. The van der Waals surface area contributed by atoms with Gasteiger partial charge in [-0.15, -0.1) is 0 Å². The molecule has 1 saturated heterocycles. The normalized spacial score (nSPS) is 14.7. The summed E-state index contributed by atoms with van der Waals surface area (Å²) in [5, 5.41) is 2.97. The molecule has 0 bridgehead atoms. The molecule has 1 aliphatic heterocycles. The number of rotatable bonds is 4. The maximum Gasteiger partial charge on any atom is 0.248 e. The van der Waals surface area contributed by atoms with Crippen LogP contribution in [0.1, 0.15) is 24.8 Å². The van der Waals surface area contributed by atoms with Crippen LogP contribution in [0.3, 0.4) is 0 Å². The van der Waals surface area contributed by atoms with Crippen molar-refractivity contribution < 1.29 is 9.18 Å². The maximum atomic E-state index is 13.2. The van der Waals surface area contributed by atoms with E-state index in [-0.39, 0.29) is 10.9 Å². The highest BCUT2D eigenvalue weighted by molar-refractivity contribution is 6.30. The Hall–Kier alpha value is -2.33. The molecular formula is C20H20ClFN2O. The van der Waals surface area contributed by atoms with Gasteiger partial charge in [0, 0.05) is 19.2 Å². The first-order valence-corrected chi connectivity index (χ1v) is 8.79. The zero-order valence-electron chi connectivity index (χ0n) is 13.8. The predicted molar refractivity (Wildman–Crippen MR) is 102 cm³/mol. The summed E-state index contributed by atoms with van der Waals surface area (Å²) < 4.78 is 13.2. The van der Waals surface area contributed by atoms with Gasteiger partial charge < -0.3 is 10.2 Å². The van der Waals surface area contributed by atoms with Gasteiger partial charge in [0.05, 0.1) is 16.4 Å². The Morgan fingerprint density at radius 1 is 1.12 bits per heavy atom. The fourth-order valence-corrected chi connectivity index (χ4v) is 3.14. The van der Waals surface area contributed by atoms with E-state index in [2.05, 4.69) is 10.2 Å². The standard InChI is InChI=1S/C20H20ClFN2O/c21-16-14-15(8-10-17(16)22)9-11-20(25)23-18-6-2-3-7-19(18)24-12-4-1-5-13-24/h2-3,6-11,14H,1,4-5,12-13H2,(H,23,25)/b11-9+. The summed E-state index contributed by atoms with van der Waals surface area (Å²) in [4.78, 5) is 14.6. The topological polar surface area (TPSA) is 32.3 Å². The molecule has 5 heteroatoms. The van der Waals surface area contributed by atoms with Crippen LogP contribution in [-0.4, -0.2) is 19.0 Å². The number of benzene rings is 2. The molecule has 0 aromatic heterocycles. The molecule has 3 rings (SSSR count). The molecule has 0 saturated carbocycles. The smallest absolute Gasteiger partial charge is 0.248 e. The first-order valence-electron chi connectivity index (χ1n) is 8.41. The molecular weight excluding hydrogens is 339 g/mol. The predicted octanol–water partition coefficient (Wildman–Crippen LogP) is 5.12. The lowest BCUT2D eigenvalue weighted by molar-refractivity contribution is -0.111. The molecule has 1 amide bonds. The van der Waals surface area contributed by atoms with E-state index in [1.807, 2.05) is 24.3 Å². The van der Waals surface area contributed by atoms with Gasteiger partial charge in [0.2, 0.25) is 5.91 Å². The highest BCUT2D eigenvalue weighted by Gasteiger charge is 2.14. The minimum Gasteiger partial charge on any atom is -0.370 e. The largest absolute Gasteiger partial charge is 0.370 e. The van der Waals surface area contributed by atoms with E-state index >= 15 is 0 Å². The van der Waals surface area contributed by atoms with Crippen molar-refractivity contribution in [3.05, 3.63) is 64.9 Å². The fraction of sp³-hybridized carbons (Fsp3) is 0.250. The monoisotopic (exact) mass is 358 g/mol. The molecule has 2 aromatic rings. The van der Waals surface area contributed by atoms with E-state index in [0.717, 1.165) is 24.5 Å². The average Bonchev–Trinajstić information content (AvgIpc) is 2.64. The SMILES string of the molecule is O=C(/C=C/c1ccc(F)c(Cl)c1)Nc1ccccc1N1CCCCC1. The van der Waals surface area contributed by atoms with Gasteiger partial charge >= 0.3 is 0 Å².